The summed E-state index contributed by atoms with van der Waals surface area (Å²) in [7, 11) is 0.408. The molecule has 1 unspecified atom stereocenters. The van der Waals surface area contributed by atoms with Crippen molar-refractivity contribution in [3.63, 3.8) is 0 Å². The van der Waals surface area contributed by atoms with Crippen molar-refractivity contribution in [2.75, 3.05) is 7.11 Å². The highest BCUT2D eigenvalue weighted by Crippen LogP contribution is 2.23. The molecule has 1 heterocycles. The standard InChI is InChI=1S/C8H7NO2S/c1-11-7-2-3-8-6(4-7)5-9-12(8)10/h2-5H,1H3. The van der Waals surface area contributed by atoms with Gasteiger partial charge in [0.15, 0.2) is 11.0 Å². The minimum atomic E-state index is -1.19. The minimum absolute atomic E-state index is 0.760. The SMILES string of the molecule is COc1ccc2c(c1)C=NS2=O. The summed E-state index contributed by atoms with van der Waals surface area (Å²) < 4.78 is 19.9. The Hall–Kier alpha value is -1.16. The molecule has 62 valence electrons. The predicted molar refractivity (Wildman–Crippen MR) is 47.0 cm³/mol. The van der Waals surface area contributed by atoms with E-state index in [1.165, 1.54) is 0 Å². The molecule has 0 saturated carbocycles. The van der Waals surface area contributed by atoms with E-state index in [2.05, 4.69) is 4.40 Å². The highest BCUT2D eigenvalue weighted by atomic mass is 32.2. The van der Waals surface area contributed by atoms with Crippen molar-refractivity contribution < 1.29 is 8.95 Å². The molecule has 1 atom stereocenters. The summed E-state index contributed by atoms with van der Waals surface area (Å²) in [4.78, 5) is 0.760. The van der Waals surface area contributed by atoms with Gasteiger partial charge in [-0.1, -0.05) is 0 Å². The van der Waals surface area contributed by atoms with Crippen LogP contribution in [0.15, 0.2) is 27.5 Å². The quantitative estimate of drug-likeness (QED) is 0.652. The van der Waals surface area contributed by atoms with E-state index in [0.29, 0.717) is 0 Å². The lowest BCUT2D eigenvalue weighted by molar-refractivity contribution is 0.414. The lowest BCUT2D eigenvalue weighted by atomic mass is 10.2. The van der Waals surface area contributed by atoms with E-state index in [9.17, 15) is 4.21 Å². The largest absolute Gasteiger partial charge is 0.497 e. The van der Waals surface area contributed by atoms with Crippen molar-refractivity contribution in [1.29, 1.82) is 0 Å². The van der Waals surface area contributed by atoms with Crippen LogP contribution in [0.2, 0.25) is 0 Å². The van der Waals surface area contributed by atoms with E-state index in [1.807, 2.05) is 6.07 Å². The fourth-order valence-corrected chi connectivity index (χ4v) is 1.90. The highest BCUT2D eigenvalue weighted by Gasteiger charge is 2.13. The topological polar surface area (TPSA) is 38.7 Å². The molecule has 0 N–H and O–H groups in total. The second kappa shape index (κ2) is 2.71. The van der Waals surface area contributed by atoms with Gasteiger partial charge in [-0.25, -0.2) is 4.21 Å². The highest BCUT2D eigenvalue weighted by molar-refractivity contribution is 7.84. The van der Waals surface area contributed by atoms with Gasteiger partial charge in [-0.3, -0.25) is 0 Å². The number of rotatable bonds is 1. The van der Waals surface area contributed by atoms with Gasteiger partial charge in [-0.15, -0.1) is 0 Å². The van der Waals surface area contributed by atoms with E-state index >= 15 is 0 Å². The van der Waals surface area contributed by atoms with Crippen LogP contribution in [0.3, 0.4) is 0 Å². The summed E-state index contributed by atoms with van der Waals surface area (Å²) in [5, 5.41) is 0. The molecule has 1 aromatic rings. The Kier molecular flexibility index (Phi) is 1.69. The van der Waals surface area contributed by atoms with Crippen molar-refractivity contribution in [3.8, 4) is 5.75 Å². The van der Waals surface area contributed by atoms with Crippen LogP contribution in [0, 0.1) is 0 Å². The summed E-state index contributed by atoms with van der Waals surface area (Å²) in [6.07, 6.45) is 1.61. The molecule has 0 aliphatic carbocycles. The van der Waals surface area contributed by atoms with Crippen LogP contribution in [0.4, 0.5) is 0 Å². The predicted octanol–water partition coefficient (Wildman–Crippen LogP) is 1.15. The van der Waals surface area contributed by atoms with Crippen LogP contribution in [-0.4, -0.2) is 17.5 Å². The van der Waals surface area contributed by atoms with Crippen LogP contribution in [0.5, 0.6) is 5.75 Å². The Morgan fingerprint density at radius 1 is 1.50 bits per heavy atom. The van der Waals surface area contributed by atoms with Crippen LogP contribution >= 0.6 is 0 Å². The van der Waals surface area contributed by atoms with Crippen molar-refractivity contribution >= 4 is 17.2 Å². The van der Waals surface area contributed by atoms with Crippen LogP contribution in [0.1, 0.15) is 5.56 Å². The van der Waals surface area contributed by atoms with Gasteiger partial charge in [0.1, 0.15) is 5.75 Å². The number of methoxy groups -OCH3 is 1. The van der Waals surface area contributed by atoms with Crippen LogP contribution < -0.4 is 4.74 Å². The van der Waals surface area contributed by atoms with E-state index < -0.39 is 11.0 Å². The number of benzene rings is 1. The number of fused-ring (bicyclic) bond motifs is 1. The van der Waals surface area contributed by atoms with Crippen molar-refractivity contribution in [3.05, 3.63) is 23.8 Å². The first-order valence-corrected chi connectivity index (χ1v) is 4.56. The molecular weight excluding hydrogens is 174 g/mol. The van der Waals surface area contributed by atoms with Gasteiger partial charge in [0, 0.05) is 11.8 Å². The normalized spacial score (nSPS) is 19.2. The molecule has 2 rings (SSSR count). The monoisotopic (exact) mass is 181 g/mol. The average Bonchev–Trinajstić information content (AvgIpc) is 2.47. The smallest absolute Gasteiger partial charge is 0.173 e. The molecule has 4 heteroatoms. The molecule has 12 heavy (non-hydrogen) atoms. The number of hydrogen-bond acceptors (Lipinski definition) is 2. The van der Waals surface area contributed by atoms with Crippen molar-refractivity contribution in [1.82, 2.24) is 0 Å². The lowest BCUT2D eigenvalue weighted by Crippen LogP contribution is -1.88. The summed E-state index contributed by atoms with van der Waals surface area (Å²) in [6.45, 7) is 0. The fraction of sp³-hybridized carbons (Fsp3) is 0.125. The molecule has 0 saturated heterocycles. The number of ether oxygens (including phenoxy) is 1. The third-order valence-corrected chi connectivity index (χ3v) is 2.74. The lowest BCUT2D eigenvalue weighted by Gasteiger charge is -2.00. The van der Waals surface area contributed by atoms with Gasteiger partial charge in [-0.2, -0.15) is 4.40 Å². The summed E-state index contributed by atoms with van der Waals surface area (Å²) >= 11 is 0. The summed E-state index contributed by atoms with van der Waals surface area (Å²) in [5.41, 5.74) is 0.882. The van der Waals surface area contributed by atoms with E-state index in [4.69, 9.17) is 4.74 Å². The second-order valence-electron chi connectivity index (χ2n) is 2.39. The zero-order chi connectivity index (χ0) is 8.55. The average molecular weight is 181 g/mol. The first-order valence-electron chi connectivity index (χ1n) is 3.45. The molecule has 1 aliphatic rings. The molecule has 3 nitrogen and oxygen atoms in total. The first kappa shape index (κ1) is 7.49. The van der Waals surface area contributed by atoms with Crippen LogP contribution in [0.25, 0.3) is 0 Å². The maximum atomic E-state index is 11.1. The number of nitrogens with zero attached hydrogens (tertiary/aromatic N) is 1. The molecule has 0 fully saturated rings. The Morgan fingerprint density at radius 2 is 2.33 bits per heavy atom. The van der Waals surface area contributed by atoms with Gasteiger partial charge >= 0.3 is 0 Å². The molecule has 0 aromatic heterocycles. The van der Waals surface area contributed by atoms with Gasteiger partial charge in [0.05, 0.1) is 12.0 Å². The molecule has 0 bridgehead atoms. The molecule has 1 aromatic carbocycles. The van der Waals surface area contributed by atoms with Crippen molar-refractivity contribution in [2.45, 2.75) is 4.90 Å². The van der Waals surface area contributed by atoms with E-state index in [0.717, 1.165) is 16.2 Å². The van der Waals surface area contributed by atoms with E-state index in [-0.39, 0.29) is 0 Å². The minimum Gasteiger partial charge on any atom is -0.497 e. The Balaban J connectivity index is 2.54. The summed E-state index contributed by atoms with van der Waals surface area (Å²) in [5.74, 6) is 0.763. The molecule has 0 spiro atoms. The van der Waals surface area contributed by atoms with Gasteiger partial charge < -0.3 is 4.74 Å². The third kappa shape index (κ3) is 1.04. The maximum Gasteiger partial charge on any atom is 0.173 e. The van der Waals surface area contributed by atoms with Crippen LogP contribution in [-0.2, 0) is 11.0 Å². The Bertz CT molecular complexity index is 373. The summed E-state index contributed by atoms with van der Waals surface area (Å²) in [6, 6.07) is 5.38. The maximum absolute atomic E-state index is 11.1. The fourth-order valence-electron chi connectivity index (χ4n) is 1.07. The van der Waals surface area contributed by atoms with Gasteiger partial charge in [0.2, 0.25) is 0 Å². The third-order valence-electron chi connectivity index (χ3n) is 1.69. The second-order valence-corrected chi connectivity index (χ2v) is 3.54. The molecular formula is C8H7NO2S. The molecule has 0 radical (unpaired) electrons. The number of hydrogen-bond donors (Lipinski definition) is 0. The Labute approximate surface area is 72.7 Å². The van der Waals surface area contributed by atoms with Gasteiger partial charge in [-0.05, 0) is 18.2 Å². The first-order chi connectivity index (χ1) is 5.81. The molecule has 0 amide bonds. The Morgan fingerprint density at radius 3 is 3.08 bits per heavy atom. The zero-order valence-electron chi connectivity index (χ0n) is 6.48. The molecule has 1 aliphatic heterocycles. The van der Waals surface area contributed by atoms with Gasteiger partial charge in [0.25, 0.3) is 0 Å². The van der Waals surface area contributed by atoms with Crippen molar-refractivity contribution in [2.24, 2.45) is 4.40 Å². The zero-order valence-corrected chi connectivity index (χ0v) is 7.30. The van der Waals surface area contributed by atoms with E-state index in [1.54, 1.807) is 25.5 Å².